The van der Waals surface area contributed by atoms with Gasteiger partial charge in [0.25, 0.3) is 0 Å². The van der Waals surface area contributed by atoms with Gasteiger partial charge in [-0.2, -0.15) is 0 Å². The van der Waals surface area contributed by atoms with E-state index in [1.807, 2.05) is 20.8 Å². The number of nitrogens with one attached hydrogen (secondary N) is 2. The molecule has 0 radical (unpaired) electrons. The zero-order valence-electron chi connectivity index (χ0n) is 14.6. The first kappa shape index (κ1) is 19.6. The van der Waals surface area contributed by atoms with Crippen LogP contribution in [-0.4, -0.2) is 43.1 Å². The predicted octanol–water partition coefficient (Wildman–Crippen LogP) is 2.37. The summed E-state index contributed by atoms with van der Waals surface area (Å²) < 4.78 is 10.2. The molecule has 1 atom stereocenters. The number of hydrogen-bond donors (Lipinski definition) is 2. The highest BCUT2D eigenvalue weighted by Gasteiger charge is 2.24. The summed E-state index contributed by atoms with van der Waals surface area (Å²) in [5.41, 5.74) is 0.595. The van der Waals surface area contributed by atoms with Crippen LogP contribution in [0.15, 0.2) is 24.3 Å². The van der Waals surface area contributed by atoms with Crippen LogP contribution in [0.2, 0.25) is 0 Å². The van der Waals surface area contributed by atoms with Gasteiger partial charge in [0.2, 0.25) is 0 Å². The van der Waals surface area contributed by atoms with Crippen LogP contribution in [0.3, 0.4) is 0 Å². The lowest BCUT2D eigenvalue weighted by Gasteiger charge is -2.24. The van der Waals surface area contributed by atoms with Crippen LogP contribution in [0.5, 0.6) is 0 Å². The van der Waals surface area contributed by atoms with Crippen molar-refractivity contribution in [1.82, 2.24) is 5.32 Å². The number of urea groups is 1. The maximum absolute atomic E-state index is 12.0. The molecule has 0 aliphatic rings. The van der Waals surface area contributed by atoms with E-state index in [9.17, 15) is 14.4 Å². The van der Waals surface area contributed by atoms with Crippen molar-refractivity contribution in [3.63, 3.8) is 0 Å². The Morgan fingerprint density at radius 3 is 2.17 bits per heavy atom. The van der Waals surface area contributed by atoms with E-state index in [2.05, 4.69) is 15.4 Å². The van der Waals surface area contributed by atoms with E-state index in [-0.39, 0.29) is 12.4 Å². The molecule has 0 saturated carbocycles. The second-order valence-electron chi connectivity index (χ2n) is 6.23. The van der Waals surface area contributed by atoms with Crippen LogP contribution in [0, 0.1) is 0 Å². The molecular weight excluding hydrogens is 312 g/mol. The van der Waals surface area contributed by atoms with Gasteiger partial charge < -0.3 is 20.1 Å². The van der Waals surface area contributed by atoms with Crippen LogP contribution in [0.1, 0.15) is 38.1 Å². The fraction of sp³-hybridized carbons (Fsp3) is 0.471. The van der Waals surface area contributed by atoms with E-state index in [0.29, 0.717) is 11.3 Å². The number of rotatable bonds is 6. The fourth-order valence-corrected chi connectivity index (χ4v) is 1.76. The van der Waals surface area contributed by atoms with Gasteiger partial charge in [-0.3, -0.25) is 4.79 Å². The van der Waals surface area contributed by atoms with Gasteiger partial charge in [0, 0.05) is 11.3 Å². The predicted molar refractivity (Wildman–Crippen MR) is 90.1 cm³/mol. The molecule has 132 valence electrons. The number of carbonyl (C=O) groups excluding carboxylic acids is 3. The number of carbonyl (C=O) groups is 3. The van der Waals surface area contributed by atoms with Crippen LogP contribution < -0.4 is 10.6 Å². The number of ketones is 1. The third-order valence-corrected chi connectivity index (χ3v) is 3.02. The molecule has 7 heteroatoms. The minimum atomic E-state index is -0.925. The first-order valence-electron chi connectivity index (χ1n) is 7.52. The number of methoxy groups -OCH3 is 1. The molecule has 0 spiro atoms. The maximum atomic E-state index is 12.0. The summed E-state index contributed by atoms with van der Waals surface area (Å²) in [5, 5.41) is 5.10. The molecule has 0 heterocycles. The molecule has 0 aliphatic heterocycles. The first-order valence-corrected chi connectivity index (χ1v) is 7.52. The van der Waals surface area contributed by atoms with Crippen molar-refractivity contribution in [3.8, 4) is 0 Å². The van der Waals surface area contributed by atoms with Gasteiger partial charge in [0.05, 0.1) is 19.3 Å². The standard InChI is InChI=1S/C17H24N2O5/c1-11(20)12-6-8-13(9-7-12)18-16(22)19-14(15(21)23-5)10-24-17(2,3)4/h6-9,14H,10H2,1-5H3,(H2,18,19,22). The smallest absolute Gasteiger partial charge is 0.330 e. The van der Waals surface area contributed by atoms with Crippen LogP contribution in [-0.2, 0) is 14.3 Å². The summed E-state index contributed by atoms with van der Waals surface area (Å²) in [5.74, 6) is -0.655. The number of hydrogen-bond acceptors (Lipinski definition) is 5. The quantitative estimate of drug-likeness (QED) is 0.614. The second-order valence-corrected chi connectivity index (χ2v) is 6.23. The third-order valence-electron chi connectivity index (χ3n) is 3.02. The van der Waals surface area contributed by atoms with Gasteiger partial charge in [0.15, 0.2) is 11.8 Å². The molecule has 1 unspecified atom stereocenters. The van der Waals surface area contributed by atoms with Crippen molar-refractivity contribution in [2.75, 3.05) is 19.0 Å². The highest BCUT2D eigenvalue weighted by Crippen LogP contribution is 2.11. The zero-order valence-corrected chi connectivity index (χ0v) is 14.6. The van der Waals surface area contributed by atoms with Gasteiger partial charge in [-0.25, -0.2) is 9.59 Å². The Morgan fingerprint density at radius 2 is 1.71 bits per heavy atom. The van der Waals surface area contributed by atoms with Crippen LogP contribution >= 0.6 is 0 Å². The van der Waals surface area contributed by atoms with E-state index in [1.54, 1.807) is 24.3 Å². The van der Waals surface area contributed by atoms with E-state index >= 15 is 0 Å². The third kappa shape index (κ3) is 6.78. The molecule has 1 aromatic carbocycles. The summed E-state index contributed by atoms with van der Waals surface area (Å²) in [7, 11) is 1.24. The minimum Gasteiger partial charge on any atom is -0.467 e. The molecule has 0 aromatic heterocycles. The average Bonchev–Trinajstić information content (AvgIpc) is 2.50. The van der Waals surface area contributed by atoms with E-state index in [1.165, 1.54) is 14.0 Å². The first-order chi connectivity index (χ1) is 11.1. The topological polar surface area (TPSA) is 93.7 Å². The number of Topliss-reactive ketones (excluding diaryl/α,β-unsaturated/α-hetero) is 1. The average molecular weight is 336 g/mol. The Bertz CT molecular complexity index is 590. The van der Waals surface area contributed by atoms with E-state index < -0.39 is 23.6 Å². The van der Waals surface area contributed by atoms with Crippen LogP contribution in [0.4, 0.5) is 10.5 Å². The highest BCUT2D eigenvalue weighted by molar-refractivity contribution is 5.96. The van der Waals surface area contributed by atoms with Crippen LogP contribution in [0.25, 0.3) is 0 Å². The molecule has 2 amide bonds. The monoisotopic (exact) mass is 336 g/mol. The number of anilines is 1. The van der Waals surface area contributed by atoms with Crippen molar-refractivity contribution < 1.29 is 23.9 Å². The SMILES string of the molecule is COC(=O)C(COC(C)(C)C)NC(=O)Nc1ccc(C(C)=O)cc1. The molecule has 0 saturated heterocycles. The van der Waals surface area contributed by atoms with Crippen molar-refractivity contribution in [1.29, 1.82) is 0 Å². The van der Waals surface area contributed by atoms with Crippen molar-refractivity contribution in [3.05, 3.63) is 29.8 Å². The van der Waals surface area contributed by atoms with E-state index in [4.69, 9.17) is 4.74 Å². The molecular formula is C17H24N2O5. The zero-order chi connectivity index (χ0) is 18.3. The van der Waals surface area contributed by atoms with Gasteiger partial charge in [0.1, 0.15) is 0 Å². The molecule has 7 nitrogen and oxygen atoms in total. The Kier molecular flexibility index (Phi) is 6.91. The Labute approximate surface area is 141 Å². The number of esters is 1. The largest absolute Gasteiger partial charge is 0.467 e. The van der Waals surface area contributed by atoms with Gasteiger partial charge in [-0.05, 0) is 52.0 Å². The fourth-order valence-electron chi connectivity index (χ4n) is 1.76. The summed E-state index contributed by atoms with van der Waals surface area (Å²) in [6.45, 7) is 6.99. The minimum absolute atomic E-state index is 0.00708. The lowest BCUT2D eigenvalue weighted by Crippen LogP contribution is -2.47. The molecule has 24 heavy (non-hydrogen) atoms. The van der Waals surface area contributed by atoms with Gasteiger partial charge >= 0.3 is 12.0 Å². The van der Waals surface area contributed by atoms with Crippen molar-refractivity contribution >= 4 is 23.5 Å². The molecule has 2 N–H and O–H groups in total. The molecule has 0 fully saturated rings. The van der Waals surface area contributed by atoms with Gasteiger partial charge in [-0.15, -0.1) is 0 Å². The number of benzene rings is 1. The lowest BCUT2D eigenvalue weighted by molar-refractivity contribution is -0.145. The second kappa shape index (κ2) is 8.44. The molecule has 1 rings (SSSR count). The number of ether oxygens (including phenoxy) is 2. The summed E-state index contributed by atoms with van der Waals surface area (Å²) in [6.07, 6.45) is 0. The lowest BCUT2D eigenvalue weighted by atomic mass is 10.1. The van der Waals surface area contributed by atoms with Crippen molar-refractivity contribution in [2.45, 2.75) is 39.3 Å². The van der Waals surface area contributed by atoms with Crippen molar-refractivity contribution in [2.24, 2.45) is 0 Å². The highest BCUT2D eigenvalue weighted by atomic mass is 16.5. The molecule has 1 aromatic rings. The molecule has 0 bridgehead atoms. The summed E-state index contributed by atoms with van der Waals surface area (Å²) in [4.78, 5) is 35.0. The Balaban J connectivity index is 2.66. The van der Waals surface area contributed by atoms with E-state index in [0.717, 1.165) is 0 Å². The Morgan fingerprint density at radius 1 is 1.12 bits per heavy atom. The summed E-state index contributed by atoms with van der Waals surface area (Å²) in [6, 6.07) is 4.94. The maximum Gasteiger partial charge on any atom is 0.330 e. The molecule has 0 aliphatic carbocycles. The number of amides is 2. The summed E-state index contributed by atoms with van der Waals surface area (Å²) >= 11 is 0. The Hall–Kier alpha value is -2.41. The normalized spacial score (nSPS) is 12.2. The van der Waals surface area contributed by atoms with Gasteiger partial charge in [-0.1, -0.05) is 0 Å².